The molecular weight excluding hydrogens is 232 g/mol. The highest BCUT2D eigenvalue weighted by atomic mass is 32.1. The Morgan fingerprint density at radius 3 is 3.35 bits per heavy atom. The van der Waals surface area contributed by atoms with Crippen molar-refractivity contribution in [3.63, 3.8) is 0 Å². The molecule has 2 N–H and O–H groups in total. The largest absolute Gasteiger partial charge is 0.369 e. The Hall–Kier alpha value is -1.20. The van der Waals surface area contributed by atoms with Crippen LogP contribution in [0.2, 0.25) is 0 Å². The van der Waals surface area contributed by atoms with Gasteiger partial charge in [0.2, 0.25) is 0 Å². The molecule has 2 aromatic rings. The Labute approximate surface area is 104 Å². The molecule has 17 heavy (non-hydrogen) atoms. The third kappa shape index (κ3) is 2.40. The lowest BCUT2D eigenvalue weighted by Gasteiger charge is -2.11. The Morgan fingerprint density at radius 2 is 2.47 bits per heavy atom. The molecule has 1 fully saturated rings. The molecule has 0 saturated carbocycles. The van der Waals surface area contributed by atoms with Gasteiger partial charge in [-0.15, -0.1) is 11.3 Å². The fraction of sp³-hybridized carbons (Fsp3) is 0.500. The molecule has 1 atom stereocenters. The number of rotatable bonds is 4. The lowest BCUT2D eigenvalue weighted by atomic mass is 10.1. The number of hydrogen-bond donors (Lipinski definition) is 2. The van der Waals surface area contributed by atoms with Crippen LogP contribution in [0, 0.1) is 0 Å². The van der Waals surface area contributed by atoms with Crippen molar-refractivity contribution >= 4 is 27.4 Å². The first-order valence-corrected chi connectivity index (χ1v) is 6.97. The molecule has 1 saturated heterocycles. The van der Waals surface area contributed by atoms with Crippen LogP contribution in [0.25, 0.3) is 10.2 Å². The highest BCUT2D eigenvalue weighted by molar-refractivity contribution is 7.16. The van der Waals surface area contributed by atoms with Gasteiger partial charge in [0.05, 0.1) is 5.39 Å². The minimum atomic E-state index is 0.683. The maximum Gasteiger partial charge on any atom is 0.138 e. The van der Waals surface area contributed by atoms with Crippen LogP contribution in [0.4, 0.5) is 5.82 Å². The van der Waals surface area contributed by atoms with E-state index in [-0.39, 0.29) is 0 Å². The molecule has 2 aromatic heterocycles. The molecule has 1 aliphatic heterocycles. The molecule has 3 rings (SSSR count). The molecular formula is C12H16N4S. The van der Waals surface area contributed by atoms with E-state index in [1.165, 1.54) is 19.4 Å². The molecule has 0 radical (unpaired) electrons. The second-order valence-corrected chi connectivity index (χ2v) is 5.26. The zero-order valence-corrected chi connectivity index (χ0v) is 10.5. The molecule has 0 amide bonds. The molecule has 90 valence electrons. The third-order valence-electron chi connectivity index (χ3n) is 3.21. The predicted molar refractivity (Wildman–Crippen MR) is 71.5 cm³/mol. The fourth-order valence-corrected chi connectivity index (χ4v) is 3.03. The Morgan fingerprint density at radius 1 is 1.47 bits per heavy atom. The molecule has 0 aliphatic carbocycles. The number of hydrogen-bond acceptors (Lipinski definition) is 5. The molecule has 4 nitrogen and oxygen atoms in total. The van der Waals surface area contributed by atoms with Crippen molar-refractivity contribution in [2.75, 3.05) is 18.4 Å². The lowest BCUT2D eigenvalue weighted by molar-refractivity contribution is 0.574. The van der Waals surface area contributed by atoms with Gasteiger partial charge < -0.3 is 10.6 Å². The molecule has 0 spiro atoms. The summed E-state index contributed by atoms with van der Waals surface area (Å²) in [5.41, 5.74) is 0. The van der Waals surface area contributed by atoms with Gasteiger partial charge >= 0.3 is 0 Å². The van der Waals surface area contributed by atoms with E-state index in [1.54, 1.807) is 17.7 Å². The molecule has 0 bridgehead atoms. The average molecular weight is 248 g/mol. The monoisotopic (exact) mass is 248 g/mol. The first-order valence-electron chi connectivity index (χ1n) is 6.09. The van der Waals surface area contributed by atoms with E-state index < -0.39 is 0 Å². The normalized spacial score (nSPS) is 19.9. The number of thiophene rings is 1. The van der Waals surface area contributed by atoms with Gasteiger partial charge in [0.1, 0.15) is 17.0 Å². The maximum atomic E-state index is 4.31. The van der Waals surface area contributed by atoms with Crippen molar-refractivity contribution in [2.45, 2.75) is 25.3 Å². The van der Waals surface area contributed by atoms with Crippen LogP contribution in [0.15, 0.2) is 17.8 Å². The van der Waals surface area contributed by atoms with Crippen molar-refractivity contribution in [3.05, 3.63) is 17.8 Å². The van der Waals surface area contributed by atoms with Crippen LogP contribution in [-0.2, 0) is 0 Å². The quantitative estimate of drug-likeness (QED) is 0.871. The highest BCUT2D eigenvalue weighted by Crippen LogP contribution is 2.23. The number of fused-ring (bicyclic) bond motifs is 1. The van der Waals surface area contributed by atoms with E-state index in [1.807, 2.05) is 0 Å². The maximum absolute atomic E-state index is 4.31. The van der Waals surface area contributed by atoms with Gasteiger partial charge in [0, 0.05) is 12.6 Å². The van der Waals surface area contributed by atoms with Gasteiger partial charge in [-0.1, -0.05) is 0 Å². The van der Waals surface area contributed by atoms with Gasteiger partial charge in [-0.3, -0.25) is 0 Å². The predicted octanol–water partition coefficient (Wildman–Crippen LogP) is 2.25. The summed E-state index contributed by atoms with van der Waals surface area (Å²) in [5.74, 6) is 0.967. The summed E-state index contributed by atoms with van der Waals surface area (Å²) in [7, 11) is 0. The van der Waals surface area contributed by atoms with E-state index in [2.05, 4.69) is 32.0 Å². The summed E-state index contributed by atoms with van der Waals surface area (Å²) >= 11 is 1.66. The summed E-state index contributed by atoms with van der Waals surface area (Å²) < 4.78 is 0. The van der Waals surface area contributed by atoms with E-state index >= 15 is 0 Å². The fourth-order valence-electron chi connectivity index (χ4n) is 2.30. The SMILES string of the molecule is c1nc(NCCC2CCCN2)c2ccsc2n1. The Kier molecular flexibility index (Phi) is 3.20. The summed E-state index contributed by atoms with van der Waals surface area (Å²) in [4.78, 5) is 9.61. The Bertz CT molecular complexity index is 490. The van der Waals surface area contributed by atoms with E-state index in [0.717, 1.165) is 29.0 Å². The topological polar surface area (TPSA) is 49.8 Å². The highest BCUT2D eigenvalue weighted by Gasteiger charge is 2.13. The average Bonchev–Trinajstić information content (AvgIpc) is 2.99. The minimum Gasteiger partial charge on any atom is -0.369 e. The van der Waals surface area contributed by atoms with E-state index in [4.69, 9.17) is 0 Å². The van der Waals surface area contributed by atoms with E-state index in [9.17, 15) is 0 Å². The van der Waals surface area contributed by atoms with Gasteiger partial charge in [-0.25, -0.2) is 9.97 Å². The first kappa shape index (κ1) is 10.9. The van der Waals surface area contributed by atoms with Gasteiger partial charge in [0.15, 0.2) is 0 Å². The minimum absolute atomic E-state index is 0.683. The van der Waals surface area contributed by atoms with Crippen molar-refractivity contribution in [1.29, 1.82) is 0 Å². The number of anilines is 1. The van der Waals surface area contributed by atoms with Crippen LogP contribution in [0.3, 0.4) is 0 Å². The van der Waals surface area contributed by atoms with Crippen molar-refractivity contribution in [3.8, 4) is 0 Å². The molecule has 1 unspecified atom stereocenters. The van der Waals surface area contributed by atoms with Crippen molar-refractivity contribution in [1.82, 2.24) is 15.3 Å². The second kappa shape index (κ2) is 4.98. The molecule has 5 heteroatoms. The van der Waals surface area contributed by atoms with Gasteiger partial charge in [0.25, 0.3) is 0 Å². The first-order chi connectivity index (χ1) is 8.43. The van der Waals surface area contributed by atoms with Crippen LogP contribution in [-0.4, -0.2) is 29.1 Å². The van der Waals surface area contributed by atoms with Crippen molar-refractivity contribution < 1.29 is 0 Å². The van der Waals surface area contributed by atoms with E-state index in [0.29, 0.717) is 6.04 Å². The number of aromatic nitrogens is 2. The standard InChI is InChI=1S/C12H16N4S/c1-2-9(13-5-1)3-6-14-11-10-4-7-17-12(10)16-8-15-11/h4,7-9,13H,1-3,5-6H2,(H,14,15,16). The summed E-state index contributed by atoms with van der Waals surface area (Å²) in [6.07, 6.45) is 5.41. The number of nitrogens with one attached hydrogen (secondary N) is 2. The lowest BCUT2D eigenvalue weighted by Crippen LogP contribution is -2.24. The van der Waals surface area contributed by atoms with Crippen LogP contribution in [0.5, 0.6) is 0 Å². The van der Waals surface area contributed by atoms with Crippen molar-refractivity contribution in [2.24, 2.45) is 0 Å². The molecule has 0 aromatic carbocycles. The zero-order valence-electron chi connectivity index (χ0n) is 9.65. The number of nitrogens with zero attached hydrogens (tertiary/aromatic N) is 2. The smallest absolute Gasteiger partial charge is 0.138 e. The van der Waals surface area contributed by atoms with Gasteiger partial charge in [-0.2, -0.15) is 0 Å². The molecule has 3 heterocycles. The van der Waals surface area contributed by atoms with Crippen LogP contribution in [0.1, 0.15) is 19.3 Å². The summed E-state index contributed by atoms with van der Waals surface area (Å²) in [6.45, 7) is 2.15. The van der Waals surface area contributed by atoms with Crippen LogP contribution < -0.4 is 10.6 Å². The summed E-state index contributed by atoms with van der Waals surface area (Å²) in [5, 5.41) is 10.1. The second-order valence-electron chi connectivity index (χ2n) is 4.37. The summed E-state index contributed by atoms with van der Waals surface area (Å²) in [6, 6.07) is 2.76. The Balaban J connectivity index is 1.62. The zero-order chi connectivity index (χ0) is 11.5. The van der Waals surface area contributed by atoms with Crippen LogP contribution >= 0.6 is 11.3 Å². The third-order valence-corrected chi connectivity index (χ3v) is 4.03. The van der Waals surface area contributed by atoms with Gasteiger partial charge in [-0.05, 0) is 37.3 Å². The molecule has 1 aliphatic rings.